The lowest BCUT2D eigenvalue weighted by atomic mass is 10.2. The van der Waals surface area contributed by atoms with Gasteiger partial charge >= 0.3 is 0 Å². The minimum atomic E-state index is -1.93. The van der Waals surface area contributed by atoms with Crippen LogP contribution in [0.15, 0.2) is 23.1 Å². The Labute approximate surface area is 73.7 Å². The van der Waals surface area contributed by atoms with Gasteiger partial charge in [-0.15, -0.1) is 0 Å². The Morgan fingerprint density at radius 1 is 1.50 bits per heavy atom. The fraction of sp³-hybridized carbons (Fsp3) is 0.250. The van der Waals surface area contributed by atoms with Gasteiger partial charge in [-0.3, -0.25) is 0 Å². The van der Waals surface area contributed by atoms with Gasteiger partial charge < -0.3 is 9.29 Å². The SMILES string of the molecule is COc1ccc(C)c(S(=O)O)c1. The predicted octanol–water partition coefficient (Wildman–Crippen LogP) is 1.58. The summed E-state index contributed by atoms with van der Waals surface area (Å²) >= 11 is -1.93. The molecule has 0 bridgehead atoms. The molecule has 0 aliphatic rings. The highest BCUT2D eigenvalue weighted by Crippen LogP contribution is 2.18. The van der Waals surface area contributed by atoms with Gasteiger partial charge in [-0.2, -0.15) is 0 Å². The number of aryl methyl sites for hydroxylation is 1. The first-order valence-electron chi connectivity index (χ1n) is 3.40. The fourth-order valence-electron chi connectivity index (χ4n) is 0.896. The second kappa shape index (κ2) is 3.69. The number of ether oxygens (including phenoxy) is 1. The molecule has 0 aliphatic carbocycles. The van der Waals surface area contributed by atoms with Crippen molar-refractivity contribution < 1.29 is 13.5 Å². The van der Waals surface area contributed by atoms with Gasteiger partial charge in [-0.25, -0.2) is 4.21 Å². The molecule has 3 nitrogen and oxygen atoms in total. The molecule has 0 aliphatic heterocycles. The number of benzene rings is 1. The quantitative estimate of drug-likeness (QED) is 0.713. The van der Waals surface area contributed by atoms with Crippen molar-refractivity contribution in [3.05, 3.63) is 23.8 Å². The monoisotopic (exact) mass is 186 g/mol. The predicted molar refractivity (Wildman–Crippen MR) is 46.8 cm³/mol. The van der Waals surface area contributed by atoms with Gasteiger partial charge in [0, 0.05) is 0 Å². The maximum Gasteiger partial charge on any atom is 0.186 e. The highest BCUT2D eigenvalue weighted by Gasteiger charge is 2.05. The number of hydrogen-bond acceptors (Lipinski definition) is 2. The van der Waals surface area contributed by atoms with Crippen LogP contribution >= 0.6 is 0 Å². The van der Waals surface area contributed by atoms with E-state index in [1.54, 1.807) is 25.1 Å². The average Bonchev–Trinajstić information content (AvgIpc) is 2.05. The molecule has 1 unspecified atom stereocenters. The van der Waals surface area contributed by atoms with Crippen LogP contribution in [0.4, 0.5) is 0 Å². The molecule has 0 saturated heterocycles. The molecule has 0 aromatic heterocycles. The molecule has 0 heterocycles. The summed E-state index contributed by atoms with van der Waals surface area (Å²) in [5.41, 5.74) is 0.789. The van der Waals surface area contributed by atoms with Crippen molar-refractivity contribution in [3.63, 3.8) is 0 Å². The van der Waals surface area contributed by atoms with Crippen LogP contribution in [-0.2, 0) is 11.1 Å². The Morgan fingerprint density at radius 3 is 2.67 bits per heavy atom. The molecule has 0 radical (unpaired) electrons. The van der Waals surface area contributed by atoms with Gasteiger partial charge in [0.2, 0.25) is 0 Å². The zero-order valence-corrected chi connectivity index (χ0v) is 7.72. The molecular weight excluding hydrogens is 176 g/mol. The Morgan fingerprint density at radius 2 is 2.17 bits per heavy atom. The molecule has 0 saturated carbocycles. The molecule has 12 heavy (non-hydrogen) atoms. The average molecular weight is 186 g/mol. The maximum atomic E-state index is 10.7. The molecule has 1 atom stereocenters. The van der Waals surface area contributed by atoms with Gasteiger partial charge in [0.05, 0.1) is 12.0 Å². The molecule has 1 N–H and O–H groups in total. The molecule has 1 aromatic rings. The summed E-state index contributed by atoms with van der Waals surface area (Å²) in [7, 11) is 1.52. The third kappa shape index (κ3) is 1.84. The summed E-state index contributed by atoms with van der Waals surface area (Å²) in [4.78, 5) is 0.398. The van der Waals surface area contributed by atoms with Crippen molar-refractivity contribution >= 4 is 11.1 Å². The topological polar surface area (TPSA) is 46.5 Å². The molecule has 4 heteroatoms. The van der Waals surface area contributed by atoms with Crippen LogP contribution in [0.5, 0.6) is 5.75 Å². The van der Waals surface area contributed by atoms with Crippen molar-refractivity contribution in [2.24, 2.45) is 0 Å². The van der Waals surface area contributed by atoms with Gasteiger partial charge in [0.15, 0.2) is 11.1 Å². The summed E-state index contributed by atoms with van der Waals surface area (Å²) in [5.74, 6) is 0.595. The van der Waals surface area contributed by atoms with Gasteiger partial charge in [-0.05, 0) is 24.6 Å². The zero-order chi connectivity index (χ0) is 9.14. The van der Waals surface area contributed by atoms with Crippen LogP contribution in [0.25, 0.3) is 0 Å². The van der Waals surface area contributed by atoms with E-state index in [-0.39, 0.29) is 0 Å². The van der Waals surface area contributed by atoms with Crippen molar-refractivity contribution in [1.29, 1.82) is 0 Å². The smallest absolute Gasteiger partial charge is 0.186 e. The van der Waals surface area contributed by atoms with Crippen molar-refractivity contribution in [2.75, 3.05) is 7.11 Å². The highest BCUT2D eigenvalue weighted by atomic mass is 32.2. The number of hydrogen-bond donors (Lipinski definition) is 1. The fourth-order valence-corrected chi connectivity index (χ4v) is 1.46. The van der Waals surface area contributed by atoms with Crippen LogP contribution in [0.2, 0.25) is 0 Å². The lowest BCUT2D eigenvalue weighted by Gasteiger charge is -2.03. The first kappa shape index (κ1) is 9.22. The van der Waals surface area contributed by atoms with Crippen LogP contribution < -0.4 is 4.74 Å². The molecule has 0 spiro atoms. The van der Waals surface area contributed by atoms with E-state index >= 15 is 0 Å². The van der Waals surface area contributed by atoms with E-state index in [2.05, 4.69) is 0 Å². The Hall–Kier alpha value is -0.870. The molecule has 0 fully saturated rings. The molecule has 1 rings (SSSR count). The lowest BCUT2D eigenvalue weighted by molar-refractivity contribution is 0.413. The summed E-state index contributed by atoms with van der Waals surface area (Å²) in [6.45, 7) is 1.78. The minimum absolute atomic E-state index is 0.398. The van der Waals surface area contributed by atoms with Gasteiger partial charge in [-0.1, -0.05) is 6.07 Å². The Bertz CT molecular complexity index is 309. The van der Waals surface area contributed by atoms with Crippen molar-refractivity contribution in [1.82, 2.24) is 0 Å². The van der Waals surface area contributed by atoms with Gasteiger partial charge in [0.1, 0.15) is 5.75 Å². The molecule has 66 valence electrons. The van der Waals surface area contributed by atoms with E-state index in [0.29, 0.717) is 10.6 Å². The minimum Gasteiger partial charge on any atom is -0.497 e. The van der Waals surface area contributed by atoms with E-state index in [1.807, 2.05) is 0 Å². The van der Waals surface area contributed by atoms with E-state index in [1.165, 1.54) is 7.11 Å². The summed E-state index contributed by atoms with van der Waals surface area (Å²) in [6, 6.07) is 5.07. The molecule has 1 aromatic carbocycles. The van der Waals surface area contributed by atoms with E-state index in [4.69, 9.17) is 9.29 Å². The first-order chi connectivity index (χ1) is 5.65. The second-order valence-electron chi connectivity index (χ2n) is 2.38. The summed E-state index contributed by atoms with van der Waals surface area (Å²) in [6.07, 6.45) is 0. The standard InChI is InChI=1S/C8H10O3S/c1-6-3-4-7(11-2)5-8(6)12(9)10/h3-5H,1-2H3,(H,9,10). The van der Waals surface area contributed by atoms with Crippen LogP contribution in [0, 0.1) is 6.92 Å². The van der Waals surface area contributed by atoms with Crippen molar-refractivity contribution in [2.45, 2.75) is 11.8 Å². The third-order valence-electron chi connectivity index (χ3n) is 1.58. The van der Waals surface area contributed by atoms with Crippen LogP contribution in [0.3, 0.4) is 0 Å². The maximum absolute atomic E-state index is 10.7. The van der Waals surface area contributed by atoms with Gasteiger partial charge in [0.25, 0.3) is 0 Å². The third-order valence-corrected chi connectivity index (χ3v) is 2.40. The van der Waals surface area contributed by atoms with E-state index in [0.717, 1.165) is 5.56 Å². The van der Waals surface area contributed by atoms with Crippen molar-refractivity contribution in [3.8, 4) is 5.75 Å². The highest BCUT2D eigenvalue weighted by molar-refractivity contribution is 7.79. The molecule has 0 amide bonds. The summed E-state index contributed by atoms with van der Waals surface area (Å²) < 4.78 is 24.5. The van der Waals surface area contributed by atoms with E-state index in [9.17, 15) is 4.21 Å². The molecular formula is C8H10O3S. The lowest BCUT2D eigenvalue weighted by Crippen LogP contribution is -1.93. The Kier molecular flexibility index (Phi) is 2.83. The van der Waals surface area contributed by atoms with Crippen LogP contribution in [0.1, 0.15) is 5.56 Å². The second-order valence-corrected chi connectivity index (χ2v) is 3.32. The first-order valence-corrected chi connectivity index (χ1v) is 4.51. The number of rotatable bonds is 2. The van der Waals surface area contributed by atoms with Crippen LogP contribution in [-0.4, -0.2) is 15.9 Å². The summed E-state index contributed by atoms with van der Waals surface area (Å²) in [5, 5.41) is 0. The largest absolute Gasteiger partial charge is 0.497 e. The zero-order valence-electron chi connectivity index (χ0n) is 6.90. The normalized spacial score (nSPS) is 12.6. The van der Waals surface area contributed by atoms with E-state index < -0.39 is 11.1 Å². The Balaban J connectivity index is 3.17. The number of methoxy groups -OCH3 is 1.